The van der Waals surface area contributed by atoms with Crippen LogP contribution in [0, 0.1) is 5.92 Å². The lowest BCUT2D eigenvalue weighted by Gasteiger charge is -2.32. The van der Waals surface area contributed by atoms with Crippen LogP contribution in [0.3, 0.4) is 0 Å². The number of nitrogens with zero attached hydrogens (tertiary/aromatic N) is 1. The number of rotatable bonds is 4. The summed E-state index contributed by atoms with van der Waals surface area (Å²) in [6, 6.07) is 2.85. The SMILES string of the molecule is NC(=O)C1CC2CCCCC2N1CC(=O)Nc1cc(Cl)c(Cl)cc1Cl. The van der Waals surface area contributed by atoms with Crippen LogP contribution in [0.1, 0.15) is 32.1 Å². The minimum Gasteiger partial charge on any atom is -0.368 e. The van der Waals surface area contributed by atoms with Crippen LogP contribution in [0.4, 0.5) is 5.69 Å². The van der Waals surface area contributed by atoms with Gasteiger partial charge in [-0.2, -0.15) is 0 Å². The molecule has 0 spiro atoms. The molecule has 1 aromatic rings. The summed E-state index contributed by atoms with van der Waals surface area (Å²) in [6.45, 7) is 0.103. The van der Waals surface area contributed by atoms with Crippen molar-refractivity contribution >= 4 is 52.3 Å². The van der Waals surface area contributed by atoms with Crippen LogP contribution in [0.25, 0.3) is 0 Å². The smallest absolute Gasteiger partial charge is 0.238 e. The molecule has 1 saturated carbocycles. The highest BCUT2D eigenvalue weighted by atomic mass is 35.5. The molecule has 2 fully saturated rings. The predicted molar refractivity (Wildman–Crippen MR) is 100 cm³/mol. The van der Waals surface area contributed by atoms with Gasteiger partial charge in [0.2, 0.25) is 11.8 Å². The highest BCUT2D eigenvalue weighted by molar-refractivity contribution is 6.44. The van der Waals surface area contributed by atoms with Crippen molar-refractivity contribution in [1.82, 2.24) is 4.90 Å². The van der Waals surface area contributed by atoms with E-state index in [1.54, 1.807) is 0 Å². The third kappa shape index (κ3) is 4.05. The van der Waals surface area contributed by atoms with Gasteiger partial charge in [0.05, 0.1) is 33.3 Å². The van der Waals surface area contributed by atoms with Gasteiger partial charge in [-0.1, -0.05) is 47.6 Å². The highest BCUT2D eigenvalue weighted by Gasteiger charge is 2.44. The quantitative estimate of drug-likeness (QED) is 0.751. The van der Waals surface area contributed by atoms with Gasteiger partial charge in [-0.05, 0) is 37.3 Å². The number of anilines is 1. The van der Waals surface area contributed by atoms with Crippen molar-refractivity contribution in [2.75, 3.05) is 11.9 Å². The molecule has 136 valence electrons. The molecule has 5 nitrogen and oxygen atoms in total. The Morgan fingerprint density at radius 3 is 2.52 bits per heavy atom. The topological polar surface area (TPSA) is 75.4 Å². The molecule has 1 aliphatic heterocycles. The van der Waals surface area contributed by atoms with E-state index >= 15 is 0 Å². The molecule has 1 aliphatic carbocycles. The van der Waals surface area contributed by atoms with Crippen molar-refractivity contribution in [3.05, 3.63) is 27.2 Å². The Labute approximate surface area is 161 Å². The summed E-state index contributed by atoms with van der Waals surface area (Å²) in [5.41, 5.74) is 5.96. The molecule has 2 aliphatic rings. The lowest BCUT2D eigenvalue weighted by Crippen LogP contribution is -2.48. The van der Waals surface area contributed by atoms with E-state index in [0.29, 0.717) is 26.7 Å². The molecule has 25 heavy (non-hydrogen) atoms. The maximum Gasteiger partial charge on any atom is 0.238 e. The summed E-state index contributed by atoms with van der Waals surface area (Å²) < 4.78 is 0. The summed E-state index contributed by atoms with van der Waals surface area (Å²) in [6.07, 6.45) is 5.11. The molecule has 0 bridgehead atoms. The standard InChI is InChI=1S/C17H20Cl3N3O2/c18-10-6-12(20)13(7-11(10)19)22-16(24)8-23-14-4-2-1-3-9(14)5-15(23)17(21)25/h6-7,9,14-15H,1-5,8H2,(H2,21,25)(H,22,24). The molecule has 1 saturated heterocycles. The predicted octanol–water partition coefficient (Wildman–Crippen LogP) is 3.70. The number of likely N-dealkylation sites (tertiary alicyclic amines) is 1. The van der Waals surface area contributed by atoms with Gasteiger partial charge in [-0.25, -0.2) is 0 Å². The number of hydrogen-bond acceptors (Lipinski definition) is 3. The van der Waals surface area contributed by atoms with Gasteiger partial charge >= 0.3 is 0 Å². The second-order valence-corrected chi connectivity index (χ2v) is 7.95. The van der Waals surface area contributed by atoms with Gasteiger partial charge in [0.25, 0.3) is 0 Å². The molecular weight excluding hydrogens is 385 g/mol. The van der Waals surface area contributed by atoms with E-state index in [0.717, 1.165) is 25.7 Å². The lowest BCUT2D eigenvalue weighted by atomic mass is 9.84. The van der Waals surface area contributed by atoms with Crippen molar-refractivity contribution in [2.45, 2.75) is 44.2 Å². The first kappa shape index (κ1) is 18.8. The molecule has 8 heteroatoms. The summed E-state index contributed by atoms with van der Waals surface area (Å²) in [7, 11) is 0. The number of benzene rings is 1. The first-order chi connectivity index (χ1) is 11.9. The molecule has 0 radical (unpaired) electrons. The van der Waals surface area contributed by atoms with E-state index in [-0.39, 0.29) is 30.4 Å². The van der Waals surface area contributed by atoms with Crippen LogP contribution < -0.4 is 11.1 Å². The van der Waals surface area contributed by atoms with Crippen molar-refractivity contribution in [2.24, 2.45) is 11.7 Å². The van der Waals surface area contributed by atoms with Crippen molar-refractivity contribution in [3.63, 3.8) is 0 Å². The lowest BCUT2D eigenvalue weighted by molar-refractivity contribution is -0.124. The third-order valence-corrected chi connectivity index (χ3v) is 6.19. The summed E-state index contributed by atoms with van der Waals surface area (Å²) in [5.74, 6) is -0.180. The van der Waals surface area contributed by atoms with E-state index in [9.17, 15) is 9.59 Å². The zero-order valence-corrected chi connectivity index (χ0v) is 15.9. The Hall–Kier alpha value is -1.01. The number of hydrogen-bond donors (Lipinski definition) is 2. The summed E-state index contributed by atoms with van der Waals surface area (Å²) >= 11 is 18.0. The number of fused-ring (bicyclic) bond motifs is 1. The van der Waals surface area contributed by atoms with Gasteiger partial charge in [-0.15, -0.1) is 0 Å². The molecule has 1 aromatic carbocycles. The Balaban J connectivity index is 1.72. The molecule has 0 aromatic heterocycles. The highest BCUT2D eigenvalue weighted by Crippen LogP contribution is 2.39. The Kier molecular flexibility index (Phi) is 5.78. The fourth-order valence-corrected chi connectivity index (χ4v) is 4.63. The summed E-state index contributed by atoms with van der Waals surface area (Å²) in [5, 5.41) is 3.70. The number of nitrogens with two attached hydrogens (primary N) is 1. The van der Waals surface area contributed by atoms with Gasteiger partial charge in [0.15, 0.2) is 0 Å². The minimum atomic E-state index is -0.386. The maximum atomic E-state index is 12.5. The number of carbonyl (C=O) groups excluding carboxylic acids is 2. The molecule has 3 rings (SSSR count). The normalized spacial score (nSPS) is 26.3. The van der Waals surface area contributed by atoms with Crippen LogP contribution >= 0.6 is 34.8 Å². The van der Waals surface area contributed by atoms with Crippen LogP contribution in [0.15, 0.2) is 12.1 Å². The number of amides is 2. The van der Waals surface area contributed by atoms with Crippen LogP contribution in [0.5, 0.6) is 0 Å². The van der Waals surface area contributed by atoms with Crippen molar-refractivity contribution in [3.8, 4) is 0 Å². The largest absolute Gasteiger partial charge is 0.368 e. The zero-order chi connectivity index (χ0) is 18.1. The van der Waals surface area contributed by atoms with E-state index in [4.69, 9.17) is 40.5 Å². The fraction of sp³-hybridized carbons (Fsp3) is 0.529. The average Bonchev–Trinajstić information content (AvgIpc) is 2.91. The van der Waals surface area contributed by atoms with Crippen LogP contribution in [-0.2, 0) is 9.59 Å². The molecular formula is C17H20Cl3N3O2. The Bertz CT molecular complexity index is 698. The van der Waals surface area contributed by atoms with Gasteiger partial charge in [-0.3, -0.25) is 14.5 Å². The van der Waals surface area contributed by atoms with Crippen molar-refractivity contribution in [1.29, 1.82) is 0 Å². The average molecular weight is 405 g/mol. The van der Waals surface area contributed by atoms with E-state index in [1.807, 2.05) is 4.90 Å². The first-order valence-corrected chi connectivity index (χ1v) is 9.49. The molecule has 3 unspecified atom stereocenters. The van der Waals surface area contributed by atoms with E-state index < -0.39 is 0 Å². The van der Waals surface area contributed by atoms with Crippen molar-refractivity contribution < 1.29 is 9.59 Å². The third-order valence-electron chi connectivity index (χ3n) is 5.16. The van der Waals surface area contributed by atoms with Crippen LogP contribution in [-0.4, -0.2) is 35.3 Å². The second-order valence-electron chi connectivity index (χ2n) is 6.73. The monoisotopic (exact) mass is 403 g/mol. The second kappa shape index (κ2) is 7.70. The first-order valence-electron chi connectivity index (χ1n) is 8.36. The number of halogens is 3. The van der Waals surface area contributed by atoms with E-state index in [1.165, 1.54) is 18.6 Å². The maximum absolute atomic E-state index is 12.5. The fourth-order valence-electron chi connectivity index (χ4n) is 4.03. The number of carbonyl (C=O) groups is 2. The van der Waals surface area contributed by atoms with Gasteiger partial charge in [0, 0.05) is 6.04 Å². The minimum absolute atomic E-state index is 0.103. The number of primary amides is 1. The molecule has 2 amide bonds. The Morgan fingerprint density at radius 2 is 1.80 bits per heavy atom. The zero-order valence-electron chi connectivity index (χ0n) is 13.6. The molecule has 3 atom stereocenters. The van der Waals surface area contributed by atoms with Crippen LogP contribution in [0.2, 0.25) is 15.1 Å². The summed E-state index contributed by atoms with van der Waals surface area (Å²) in [4.78, 5) is 26.3. The van der Waals surface area contributed by atoms with Gasteiger partial charge in [0.1, 0.15) is 0 Å². The molecule has 1 heterocycles. The number of nitrogens with one attached hydrogen (secondary N) is 1. The molecule has 3 N–H and O–H groups in total. The van der Waals surface area contributed by atoms with Gasteiger partial charge < -0.3 is 11.1 Å². The van der Waals surface area contributed by atoms with E-state index in [2.05, 4.69) is 5.32 Å². The Morgan fingerprint density at radius 1 is 1.12 bits per heavy atom.